The smallest absolute Gasteiger partial charge is 0.244 e. The van der Waals surface area contributed by atoms with Gasteiger partial charge in [-0.1, -0.05) is 44.0 Å². The summed E-state index contributed by atoms with van der Waals surface area (Å²) in [7, 11) is 1.58. The maximum absolute atomic E-state index is 11.9. The predicted octanol–water partition coefficient (Wildman–Crippen LogP) is 4.68. The lowest BCUT2D eigenvalue weighted by molar-refractivity contribution is -0.120. The molecule has 0 radical (unpaired) electrons. The molecule has 0 unspecified atom stereocenters. The van der Waals surface area contributed by atoms with Crippen LogP contribution in [0.3, 0.4) is 0 Å². The van der Waals surface area contributed by atoms with Crippen LogP contribution in [0.15, 0.2) is 54.9 Å². The van der Waals surface area contributed by atoms with Crippen LogP contribution in [0.25, 0.3) is 0 Å². The Labute approximate surface area is 159 Å². The van der Waals surface area contributed by atoms with E-state index in [0.717, 1.165) is 24.5 Å². The van der Waals surface area contributed by atoms with Crippen LogP contribution >= 0.6 is 47.8 Å². The van der Waals surface area contributed by atoms with Crippen molar-refractivity contribution >= 4 is 59.9 Å². The summed E-state index contributed by atoms with van der Waals surface area (Å²) in [6.45, 7) is 0. The number of hydrazone groups is 1. The molecule has 7 heteroatoms. The number of methoxy groups -OCH3 is 1. The van der Waals surface area contributed by atoms with Crippen LogP contribution in [0.5, 0.6) is 5.75 Å². The molecule has 120 valence electrons. The lowest BCUT2D eigenvalue weighted by Crippen LogP contribution is -2.19. The predicted molar refractivity (Wildman–Crippen MR) is 102 cm³/mol. The number of hydrogen-bond donors (Lipinski definition) is 1. The number of benzene rings is 2. The molecular formula is C16H13Br3N2O2. The fraction of sp³-hybridized carbons (Fsp3) is 0.125. The summed E-state index contributed by atoms with van der Waals surface area (Å²) in [5.41, 5.74) is 4.19. The van der Waals surface area contributed by atoms with Crippen molar-refractivity contribution in [1.29, 1.82) is 0 Å². The van der Waals surface area contributed by atoms with Crippen LogP contribution in [-0.4, -0.2) is 19.2 Å². The van der Waals surface area contributed by atoms with Gasteiger partial charge in [-0.25, -0.2) is 5.43 Å². The Morgan fingerprint density at radius 2 is 1.87 bits per heavy atom. The molecule has 2 aromatic rings. The molecule has 0 aromatic heterocycles. The Balaban J connectivity index is 2.01. The summed E-state index contributed by atoms with van der Waals surface area (Å²) >= 11 is 10.2. The molecular weight excluding hydrogens is 492 g/mol. The van der Waals surface area contributed by atoms with E-state index in [0.29, 0.717) is 5.75 Å². The van der Waals surface area contributed by atoms with E-state index in [1.54, 1.807) is 13.3 Å². The van der Waals surface area contributed by atoms with Crippen LogP contribution in [0.4, 0.5) is 0 Å². The van der Waals surface area contributed by atoms with Crippen molar-refractivity contribution in [2.45, 2.75) is 6.42 Å². The maximum Gasteiger partial charge on any atom is 0.244 e. The Hall–Kier alpha value is -1.18. The molecule has 0 bridgehead atoms. The highest BCUT2D eigenvalue weighted by Gasteiger charge is 2.08. The summed E-state index contributed by atoms with van der Waals surface area (Å²) in [4.78, 5) is 11.9. The van der Waals surface area contributed by atoms with Gasteiger partial charge in [-0.3, -0.25) is 4.79 Å². The van der Waals surface area contributed by atoms with E-state index in [-0.39, 0.29) is 12.3 Å². The van der Waals surface area contributed by atoms with Gasteiger partial charge < -0.3 is 4.74 Å². The van der Waals surface area contributed by atoms with Gasteiger partial charge in [-0.05, 0) is 45.8 Å². The Kier molecular flexibility index (Phi) is 6.80. The molecule has 0 aliphatic heterocycles. The van der Waals surface area contributed by atoms with E-state index in [9.17, 15) is 4.79 Å². The molecule has 0 fully saturated rings. The lowest BCUT2D eigenvalue weighted by atomic mass is 10.1. The Morgan fingerprint density at radius 3 is 2.52 bits per heavy atom. The van der Waals surface area contributed by atoms with Gasteiger partial charge in [0.25, 0.3) is 0 Å². The second kappa shape index (κ2) is 8.61. The molecule has 0 saturated carbocycles. The maximum atomic E-state index is 11.9. The van der Waals surface area contributed by atoms with Crippen LogP contribution in [0.2, 0.25) is 0 Å². The first-order valence-electron chi connectivity index (χ1n) is 6.59. The van der Waals surface area contributed by atoms with Crippen LogP contribution in [-0.2, 0) is 11.2 Å². The number of nitrogens with one attached hydrogen (secondary N) is 1. The summed E-state index contributed by atoms with van der Waals surface area (Å²) in [6.07, 6.45) is 1.82. The molecule has 1 amide bonds. The van der Waals surface area contributed by atoms with E-state index in [1.807, 2.05) is 36.4 Å². The third kappa shape index (κ3) is 5.44. The van der Waals surface area contributed by atoms with E-state index < -0.39 is 0 Å². The third-order valence-corrected chi connectivity index (χ3v) is 4.49. The highest BCUT2D eigenvalue weighted by Crippen LogP contribution is 2.31. The van der Waals surface area contributed by atoms with Gasteiger partial charge in [-0.2, -0.15) is 5.10 Å². The van der Waals surface area contributed by atoms with Crippen molar-refractivity contribution in [3.8, 4) is 5.75 Å². The van der Waals surface area contributed by atoms with Crippen molar-refractivity contribution in [1.82, 2.24) is 5.43 Å². The van der Waals surface area contributed by atoms with E-state index in [1.165, 1.54) is 0 Å². The second-order valence-electron chi connectivity index (χ2n) is 4.61. The Morgan fingerprint density at radius 1 is 1.17 bits per heavy atom. The molecule has 4 nitrogen and oxygen atoms in total. The first-order chi connectivity index (χ1) is 11.0. The summed E-state index contributed by atoms with van der Waals surface area (Å²) in [5, 5.41) is 3.99. The largest absolute Gasteiger partial charge is 0.495 e. The number of amides is 1. The minimum Gasteiger partial charge on any atom is -0.495 e. The number of carbonyl (C=O) groups is 1. The van der Waals surface area contributed by atoms with E-state index >= 15 is 0 Å². The number of rotatable bonds is 5. The molecule has 1 N–H and O–H groups in total. The first-order valence-corrected chi connectivity index (χ1v) is 8.97. The van der Waals surface area contributed by atoms with Gasteiger partial charge in [0, 0.05) is 14.5 Å². The van der Waals surface area contributed by atoms with Gasteiger partial charge in [0.05, 0.1) is 24.2 Å². The van der Waals surface area contributed by atoms with Crippen LogP contribution in [0.1, 0.15) is 11.1 Å². The molecule has 0 aliphatic rings. The zero-order chi connectivity index (χ0) is 16.8. The third-order valence-electron chi connectivity index (χ3n) is 2.91. The van der Waals surface area contributed by atoms with E-state index in [4.69, 9.17) is 4.74 Å². The second-order valence-corrected chi connectivity index (χ2v) is 7.29. The number of carbonyl (C=O) groups excluding carboxylic acids is 1. The van der Waals surface area contributed by atoms with Gasteiger partial charge in [0.15, 0.2) is 0 Å². The average Bonchev–Trinajstić information content (AvgIpc) is 2.49. The lowest BCUT2D eigenvalue weighted by Gasteiger charge is -2.07. The molecule has 0 spiro atoms. The molecule has 0 saturated heterocycles. The topological polar surface area (TPSA) is 50.7 Å². The van der Waals surface area contributed by atoms with Crippen LogP contribution in [0, 0.1) is 0 Å². The fourth-order valence-electron chi connectivity index (χ4n) is 1.89. The van der Waals surface area contributed by atoms with Crippen molar-refractivity contribution in [2.75, 3.05) is 7.11 Å². The highest BCUT2D eigenvalue weighted by molar-refractivity contribution is 9.11. The van der Waals surface area contributed by atoms with Gasteiger partial charge in [0.1, 0.15) is 5.75 Å². The van der Waals surface area contributed by atoms with Gasteiger partial charge in [-0.15, -0.1) is 0 Å². The summed E-state index contributed by atoms with van der Waals surface area (Å²) < 4.78 is 7.98. The highest BCUT2D eigenvalue weighted by atomic mass is 79.9. The van der Waals surface area contributed by atoms with Crippen molar-refractivity contribution in [2.24, 2.45) is 5.10 Å². The number of ether oxygens (including phenoxy) is 1. The Bertz CT molecular complexity index is 731. The van der Waals surface area contributed by atoms with E-state index in [2.05, 4.69) is 58.3 Å². The molecule has 0 atom stereocenters. The normalized spacial score (nSPS) is 10.8. The summed E-state index contributed by atoms with van der Waals surface area (Å²) in [6, 6.07) is 11.3. The SMILES string of the molecule is COc1c(Br)cc(Br)cc1C=NNC(=O)Cc1ccc(Br)cc1. The first kappa shape index (κ1) is 18.2. The molecule has 2 aromatic carbocycles. The fourth-order valence-corrected chi connectivity index (χ4v) is 3.58. The zero-order valence-corrected chi connectivity index (χ0v) is 16.9. The zero-order valence-electron chi connectivity index (χ0n) is 12.1. The standard InChI is InChI=1S/C16H13Br3N2O2/c1-23-16-11(7-13(18)8-14(16)19)9-20-21-15(22)6-10-2-4-12(17)5-3-10/h2-5,7-9H,6H2,1H3,(H,21,22). The molecule has 23 heavy (non-hydrogen) atoms. The quantitative estimate of drug-likeness (QED) is 0.475. The number of hydrogen-bond acceptors (Lipinski definition) is 3. The minimum absolute atomic E-state index is 0.184. The van der Waals surface area contributed by atoms with Crippen molar-refractivity contribution in [3.05, 3.63) is 60.9 Å². The summed E-state index contributed by atoms with van der Waals surface area (Å²) in [5.74, 6) is 0.468. The minimum atomic E-state index is -0.184. The average molecular weight is 505 g/mol. The monoisotopic (exact) mass is 502 g/mol. The van der Waals surface area contributed by atoms with Gasteiger partial charge in [0.2, 0.25) is 5.91 Å². The molecule has 0 heterocycles. The van der Waals surface area contributed by atoms with Crippen LogP contribution < -0.4 is 10.2 Å². The number of halogens is 3. The number of nitrogens with zero attached hydrogens (tertiary/aromatic N) is 1. The van der Waals surface area contributed by atoms with Gasteiger partial charge >= 0.3 is 0 Å². The molecule has 2 rings (SSSR count). The molecule has 0 aliphatic carbocycles. The van der Waals surface area contributed by atoms with Crippen molar-refractivity contribution < 1.29 is 9.53 Å². The van der Waals surface area contributed by atoms with Crippen molar-refractivity contribution in [3.63, 3.8) is 0 Å².